The predicted octanol–water partition coefficient (Wildman–Crippen LogP) is 12.0. The number of carbonyl (C=O) groups excluding carboxylic acids is 3. The molecule has 0 amide bonds. The summed E-state index contributed by atoms with van der Waals surface area (Å²) in [6.07, 6.45) is 22.1. The highest BCUT2D eigenvalue weighted by Crippen LogP contribution is 2.41. The van der Waals surface area contributed by atoms with Crippen molar-refractivity contribution in [2.75, 3.05) is 46.2 Å². The Labute approximate surface area is 315 Å². The molecule has 0 radical (unpaired) electrons. The second-order valence-electron chi connectivity index (χ2n) is 14.3. The summed E-state index contributed by atoms with van der Waals surface area (Å²) in [6, 6.07) is 0. The van der Waals surface area contributed by atoms with Crippen molar-refractivity contribution in [3.05, 3.63) is 24.3 Å². The fraction of sp³-hybridized carbons (Fsp3) is 0.829. The molecule has 304 valence electrons. The van der Waals surface area contributed by atoms with Gasteiger partial charge in [-0.1, -0.05) is 78.1 Å². The molecule has 0 aliphatic heterocycles. The van der Waals surface area contributed by atoms with Gasteiger partial charge in [0.25, 0.3) is 11.8 Å². The fourth-order valence-electron chi connectivity index (χ4n) is 5.68. The van der Waals surface area contributed by atoms with Crippen LogP contribution in [0, 0.1) is 0 Å². The summed E-state index contributed by atoms with van der Waals surface area (Å²) in [6.45, 7) is 4.66. The predicted molar refractivity (Wildman–Crippen MR) is 208 cm³/mol. The van der Waals surface area contributed by atoms with Crippen LogP contribution in [0.15, 0.2) is 24.3 Å². The molecule has 0 spiro atoms. The quantitative estimate of drug-likeness (QED) is 0.0208. The number of rotatable bonds is 36. The number of esters is 2. The van der Waals surface area contributed by atoms with Gasteiger partial charge in [0.05, 0.1) is 0 Å². The first-order valence-corrected chi connectivity index (χ1v) is 21.9. The summed E-state index contributed by atoms with van der Waals surface area (Å²) in [5.41, 5.74) is 0.416. The minimum Gasteiger partial charge on any atom is -0.461 e. The Kier molecular flexibility index (Phi) is 31.5. The van der Waals surface area contributed by atoms with Crippen LogP contribution >= 0.6 is 7.92 Å². The third kappa shape index (κ3) is 32.8. The van der Waals surface area contributed by atoms with Gasteiger partial charge < -0.3 is 14.4 Å². The molecule has 0 aromatic heterocycles. The lowest BCUT2D eigenvalue weighted by Gasteiger charge is -2.17. The number of hydrogen-bond donors (Lipinski definition) is 0. The molecular weight excluding hydrogens is 693 g/mol. The van der Waals surface area contributed by atoms with Crippen molar-refractivity contribution < 1.29 is 41.4 Å². The van der Waals surface area contributed by atoms with Crippen LogP contribution in [0.4, 0.5) is 17.6 Å². The summed E-state index contributed by atoms with van der Waals surface area (Å²) in [4.78, 5) is 39.2. The van der Waals surface area contributed by atoms with Crippen LogP contribution in [0.25, 0.3) is 0 Å². The minimum atomic E-state index is -2.86. The Morgan fingerprint density at radius 1 is 0.558 bits per heavy atom. The van der Waals surface area contributed by atoms with Crippen molar-refractivity contribution in [1.82, 2.24) is 4.90 Å². The number of alkyl halides is 4. The van der Waals surface area contributed by atoms with Crippen molar-refractivity contribution >= 4 is 25.4 Å². The largest absolute Gasteiger partial charge is 0.461 e. The molecule has 0 saturated carbocycles. The maximum atomic E-state index is 13.8. The van der Waals surface area contributed by atoms with Crippen molar-refractivity contribution in [2.24, 2.45) is 0 Å². The van der Waals surface area contributed by atoms with Gasteiger partial charge in [0.15, 0.2) is 5.52 Å². The number of carbonyl (C=O) groups is 3. The molecule has 0 N–H and O–H groups in total. The van der Waals surface area contributed by atoms with Crippen molar-refractivity contribution in [3.63, 3.8) is 0 Å². The second-order valence-corrected chi connectivity index (χ2v) is 16.8. The van der Waals surface area contributed by atoms with E-state index in [0.29, 0.717) is 37.6 Å². The zero-order chi connectivity index (χ0) is 38.9. The first-order chi connectivity index (χ1) is 24.8. The number of ether oxygens (including phenoxy) is 2. The molecule has 0 atom stereocenters. The van der Waals surface area contributed by atoms with Gasteiger partial charge >= 0.3 is 11.9 Å². The van der Waals surface area contributed by atoms with Crippen LogP contribution in [0.5, 0.6) is 0 Å². The first-order valence-electron chi connectivity index (χ1n) is 20.2. The van der Waals surface area contributed by atoms with Crippen LogP contribution in [0.1, 0.15) is 162 Å². The molecule has 6 nitrogen and oxygen atoms in total. The summed E-state index contributed by atoms with van der Waals surface area (Å²) < 4.78 is 65.2. The number of hydrogen-bond acceptors (Lipinski definition) is 6. The Morgan fingerprint density at radius 3 is 1.38 bits per heavy atom. The minimum absolute atomic E-state index is 0.131. The van der Waals surface area contributed by atoms with Crippen molar-refractivity contribution in [3.8, 4) is 0 Å². The normalized spacial score (nSPS) is 12.5. The molecule has 0 aromatic rings. The molecule has 0 rings (SSSR count). The Morgan fingerprint density at radius 2 is 0.962 bits per heavy atom. The summed E-state index contributed by atoms with van der Waals surface area (Å²) in [5, 5.41) is 0. The molecule has 0 bridgehead atoms. The molecule has 0 unspecified atom stereocenters. The summed E-state index contributed by atoms with van der Waals surface area (Å²) >= 11 is 0. The smallest absolute Gasteiger partial charge is 0.306 e. The molecule has 0 heterocycles. The van der Waals surface area contributed by atoms with Crippen molar-refractivity contribution in [2.45, 2.75) is 173 Å². The number of allylic oxidation sites excluding steroid dienone is 2. The van der Waals surface area contributed by atoms with E-state index in [1.807, 2.05) is 27.9 Å². The highest BCUT2D eigenvalue weighted by Gasteiger charge is 2.24. The highest BCUT2D eigenvalue weighted by atomic mass is 31.1. The maximum Gasteiger partial charge on any atom is 0.306 e. The number of nitrogens with zero attached hydrogens (tertiary/aromatic N) is 1. The van der Waals surface area contributed by atoms with Crippen LogP contribution in [-0.2, 0) is 23.9 Å². The molecule has 0 saturated heterocycles. The van der Waals surface area contributed by atoms with E-state index in [-0.39, 0.29) is 50.8 Å². The Hall–Kier alpha value is -1.80. The van der Waals surface area contributed by atoms with E-state index in [4.69, 9.17) is 9.47 Å². The van der Waals surface area contributed by atoms with E-state index in [0.717, 1.165) is 121 Å². The van der Waals surface area contributed by atoms with Gasteiger partial charge in [-0.15, -0.1) is 0 Å². The zero-order valence-electron chi connectivity index (χ0n) is 33.1. The van der Waals surface area contributed by atoms with Gasteiger partial charge in [0, 0.05) is 32.1 Å². The topological polar surface area (TPSA) is 72.9 Å². The monoisotopic (exact) mass is 766 g/mol. The van der Waals surface area contributed by atoms with Gasteiger partial charge in [-0.25, -0.2) is 17.6 Å². The lowest BCUT2D eigenvalue weighted by molar-refractivity contribution is -0.143. The molecule has 52 heavy (non-hydrogen) atoms. The molecule has 0 aliphatic rings. The van der Waals surface area contributed by atoms with Gasteiger partial charge in [0.2, 0.25) is 0 Å². The van der Waals surface area contributed by atoms with Gasteiger partial charge in [0.1, 0.15) is 13.2 Å². The molecule has 11 heteroatoms. The van der Waals surface area contributed by atoms with Crippen LogP contribution in [-0.4, -0.2) is 80.4 Å². The van der Waals surface area contributed by atoms with Crippen LogP contribution in [0.2, 0.25) is 0 Å². The highest BCUT2D eigenvalue weighted by molar-refractivity contribution is 7.74. The average Bonchev–Trinajstić information content (AvgIpc) is 3.08. The van der Waals surface area contributed by atoms with E-state index < -0.39 is 19.8 Å². The van der Waals surface area contributed by atoms with E-state index in [9.17, 15) is 31.9 Å². The molecule has 0 aliphatic carbocycles. The number of unbranched alkanes of at least 4 members (excludes halogenated alkanes) is 13. The third-order valence-corrected chi connectivity index (χ3v) is 11.5. The summed E-state index contributed by atoms with van der Waals surface area (Å²) in [7, 11) is 3.39. The van der Waals surface area contributed by atoms with E-state index in [1.165, 1.54) is 12.2 Å². The third-order valence-electron chi connectivity index (χ3n) is 8.85. The SMILES string of the molecule is CCCCCC(F)(F)/C=C\COC(=O)CCCCCCCP(CCCCCCCC(=O)OC/C=C\C(F)(F)CCCCC)C(=O)CCCCN(C)C. The zero-order valence-corrected chi connectivity index (χ0v) is 34.0. The Balaban J connectivity index is 4.30. The van der Waals surface area contributed by atoms with Crippen molar-refractivity contribution in [1.29, 1.82) is 0 Å². The summed E-state index contributed by atoms with van der Waals surface area (Å²) in [5.74, 6) is -6.46. The van der Waals surface area contributed by atoms with Gasteiger partial charge in [-0.05, 0) is 117 Å². The lowest BCUT2D eigenvalue weighted by Crippen LogP contribution is -2.13. The second kappa shape index (κ2) is 32.6. The molecule has 0 fully saturated rings. The maximum absolute atomic E-state index is 13.8. The van der Waals surface area contributed by atoms with E-state index >= 15 is 0 Å². The molecule has 0 aromatic carbocycles. The van der Waals surface area contributed by atoms with Gasteiger partial charge in [-0.3, -0.25) is 14.4 Å². The molecular formula is C41H72F4NO5P. The fourth-order valence-corrected chi connectivity index (χ4v) is 8.09. The van der Waals surface area contributed by atoms with Crippen LogP contribution < -0.4 is 0 Å². The average molecular weight is 766 g/mol. The van der Waals surface area contributed by atoms with E-state index in [1.54, 1.807) is 0 Å². The van der Waals surface area contributed by atoms with E-state index in [2.05, 4.69) is 4.90 Å². The Bertz CT molecular complexity index is 915. The van der Waals surface area contributed by atoms with Crippen LogP contribution in [0.3, 0.4) is 0 Å². The first kappa shape index (κ1) is 50.2. The standard InChI is InChI=1S/C41H72F4NO5P/c1-5-7-18-28-40(42,43)30-23-33-50-37(47)25-15-11-9-13-21-35-52(39(49)27-17-20-32-46(3)4)36-22-14-10-12-16-26-38(48)51-34-24-31-41(44,45)29-19-8-6-2/h23-24,30-31H,5-22,25-29,32-36H2,1-4H3/b30-23-,31-24-. The number of halogens is 4. The van der Waals surface area contributed by atoms with Gasteiger partial charge in [-0.2, -0.15) is 0 Å². The lowest BCUT2D eigenvalue weighted by atomic mass is 10.1.